The zero-order valence-corrected chi connectivity index (χ0v) is 15.8. The fourth-order valence-corrected chi connectivity index (χ4v) is 2.80. The molecule has 2 rings (SSSR count). The summed E-state index contributed by atoms with van der Waals surface area (Å²) in [6.07, 6.45) is -3.59. The Morgan fingerprint density at radius 2 is 2.11 bits per heavy atom. The third-order valence-electron chi connectivity index (χ3n) is 4.49. The van der Waals surface area contributed by atoms with Gasteiger partial charge in [-0.15, -0.1) is 0 Å². The molecule has 0 unspecified atom stereocenters. The highest BCUT2D eigenvalue weighted by Gasteiger charge is 2.65. The Labute approximate surface area is 163 Å². The monoisotopic (exact) mass is 424 g/mol. The molecule has 0 spiro atoms. The van der Waals surface area contributed by atoms with E-state index in [0.29, 0.717) is 4.57 Å². The smallest absolute Gasteiger partial charge is 0.352 e. The van der Waals surface area contributed by atoms with Gasteiger partial charge in [0.15, 0.2) is 6.61 Å². The van der Waals surface area contributed by atoms with Gasteiger partial charge in [-0.3, -0.25) is 9.36 Å². The number of hydrogen-bond acceptors (Lipinski definition) is 10. The van der Waals surface area contributed by atoms with E-state index in [-0.39, 0.29) is 16.8 Å². The lowest BCUT2D eigenvalue weighted by molar-refractivity contribution is -0.259. The van der Waals surface area contributed by atoms with Crippen molar-refractivity contribution in [3.63, 3.8) is 0 Å². The van der Waals surface area contributed by atoms with Crippen molar-refractivity contribution in [2.24, 2.45) is 11.7 Å². The number of carbonyl (C=O) groups is 1. The van der Waals surface area contributed by atoms with Crippen molar-refractivity contribution >= 4 is 23.4 Å². The third-order valence-corrected chi connectivity index (χ3v) is 4.79. The van der Waals surface area contributed by atoms with E-state index in [1.165, 1.54) is 0 Å². The first-order valence-electron chi connectivity index (χ1n) is 8.23. The average Bonchev–Trinajstić information content (AvgIpc) is 2.84. The molecule has 0 radical (unpaired) electrons. The molecule has 1 fully saturated rings. The predicted octanol–water partition coefficient (Wildman–Crippen LogP) is -1.93. The van der Waals surface area contributed by atoms with E-state index in [2.05, 4.69) is 4.98 Å². The summed E-state index contributed by atoms with van der Waals surface area (Å²) >= 11 is 5.80. The Morgan fingerprint density at radius 1 is 1.50 bits per heavy atom. The molecule has 2 heterocycles. The third kappa shape index (κ3) is 3.71. The highest BCUT2D eigenvalue weighted by Crippen LogP contribution is 2.42. The lowest BCUT2D eigenvalue weighted by Gasteiger charge is -2.32. The van der Waals surface area contributed by atoms with Gasteiger partial charge < -0.3 is 36.3 Å². The van der Waals surface area contributed by atoms with Crippen molar-refractivity contribution in [3.05, 3.63) is 21.7 Å². The Bertz CT molecular complexity index is 809. The van der Waals surface area contributed by atoms with Crippen LogP contribution >= 0.6 is 11.6 Å². The summed E-state index contributed by atoms with van der Waals surface area (Å²) in [7, 11) is 0. The van der Waals surface area contributed by atoms with Crippen LogP contribution < -0.4 is 17.2 Å². The van der Waals surface area contributed by atoms with E-state index in [1.54, 1.807) is 13.8 Å². The molecule has 5 atom stereocenters. The van der Waals surface area contributed by atoms with Crippen LogP contribution in [0.1, 0.15) is 13.8 Å². The van der Waals surface area contributed by atoms with Gasteiger partial charge in [-0.05, 0) is 5.92 Å². The topological polar surface area (TPSA) is 183 Å². The quantitative estimate of drug-likeness (QED) is 0.322. The van der Waals surface area contributed by atoms with Crippen LogP contribution in [0.2, 0.25) is 5.02 Å². The van der Waals surface area contributed by atoms with Crippen LogP contribution in [-0.4, -0.2) is 68.2 Å². The molecule has 11 nitrogen and oxygen atoms in total. The standard InChI is InChI=1S/C15H22ClFN4O7/c1-6(2)8(18)12(25)27-5-14(17)9(23)10(24)15(4-22,28-14)21-3-7(16)11(19)20-13(21)26/h3,6,8-10,22-24H,4-5,18H2,1-2H3,(H2,19,20,26)/t8-,9-,10+,14+,15+/m0/s1. The van der Waals surface area contributed by atoms with Crippen LogP contribution in [0.4, 0.5) is 10.2 Å². The van der Waals surface area contributed by atoms with Crippen LogP contribution in [0.3, 0.4) is 0 Å². The molecule has 0 amide bonds. The molecule has 1 aliphatic heterocycles. The minimum Gasteiger partial charge on any atom is -0.458 e. The number of ether oxygens (including phenoxy) is 2. The average molecular weight is 425 g/mol. The molecular weight excluding hydrogens is 403 g/mol. The minimum absolute atomic E-state index is 0.247. The lowest BCUT2D eigenvalue weighted by Crippen LogP contribution is -2.53. The highest BCUT2D eigenvalue weighted by molar-refractivity contribution is 6.32. The molecule has 0 aromatic carbocycles. The minimum atomic E-state index is -3.16. The van der Waals surface area contributed by atoms with Crippen LogP contribution in [0.25, 0.3) is 0 Å². The maximum absolute atomic E-state index is 15.2. The summed E-state index contributed by atoms with van der Waals surface area (Å²) in [4.78, 5) is 27.4. The van der Waals surface area contributed by atoms with Crippen LogP contribution in [0.15, 0.2) is 11.0 Å². The molecule has 0 saturated carbocycles. The van der Waals surface area contributed by atoms with Gasteiger partial charge in [0.1, 0.15) is 24.1 Å². The number of nitrogen functional groups attached to an aromatic ring is 1. The Kier molecular flexibility index (Phi) is 6.33. The van der Waals surface area contributed by atoms with Gasteiger partial charge in [0.25, 0.3) is 5.85 Å². The zero-order valence-electron chi connectivity index (χ0n) is 15.1. The van der Waals surface area contributed by atoms with Crippen molar-refractivity contribution in [2.75, 3.05) is 18.9 Å². The molecule has 0 aliphatic carbocycles. The van der Waals surface area contributed by atoms with Crippen LogP contribution in [0.5, 0.6) is 0 Å². The van der Waals surface area contributed by atoms with E-state index in [1.807, 2.05) is 0 Å². The highest BCUT2D eigenvalue weighted by atomic mass is 35.5. The number of anilines is 1. The van der Waals surface area contributed by atoms with E-state index in [0.717, 1.165) is 6.20 Å². The Hall–Kier alpha value is -1.83. The SMILES string of the molecule is CC(C)[C@H](N)C(=O)OC[C@@]1(F)O[C@@](CO)(n2cc(Cl)c(N)nc2=O)[C@H](O)[C@@H]1O. The second-order valence-electron chi connectivity index (χ2n) is 6.79. The van der Waals surface area contributed by atoms with Gasteiger partial charge in [-0.25, -0.2) is 9.18 Å². The molecule has 1 aliphatic rings. The summed E-state index contributed by atoms with van der Waals surface area (Å²) in [6, 6.07) is -1.06. The van der Waals surface area contributed by atoms with Gasteiger partial charge in [0.05, 0.1) is 11.6 Å². The molecular formula is C15H22ClFN4O7. The predicted molar refractivity (Wildman–Crippen MR) is 93.7 cm³/mol. The molecule has 1 aromatic rings. The number of alkyl halides is 1. The number of esters is 1. The number of hydrogen-bond donors (Lipinski definition) is 5. The second-order valence-corrected chi connectivity index (χ2v) is 7.19. The van der Waals surface area contributed by atoms with Crippen molar-refractivity contribution in [1.82, 2.24) is 9.55 Å². The maximum atomic E-state index is 15.2. The molecule has 1 aromatic heterocycles. The maximum Gasteiger partial charge on any atom is 0.352 e. The Morgan fingerprint density at radius 3 is 2.64 bits per heavy atom. The molecule has 158 valence electrons. The zero-order chi connectivity index (χ0) is 21.4. The van der Waals surface area contributed by atoms with Crippen LogP contribution in [0, 0.1) is 5.92 Å². The fraction of sp³-hybridized carbons (Fsp3) is 0.667. The van der Waals surface area contributed by atoms with Gasteiger partial charge in [-0.1, -0.05) is 25.4 Å². The number of carbonyl (C=O) groups excluding carboxylic acids is 1. The lowest BCUT2D eigenvalue weighted by atomic mass is 10.0. The van der Waals surface area contributed by atoms with Gasteiger partial charge in [0, 0.05) is 6.20 Å². The summed E-state index contributed by atoms with van der Waals surface area (Å²) in [5.41, 5.74) is 7.38. The van der Waals surface area contributed by atoms with Crippen molar-refractivity contribution in [1.29, 1.82) is 0 Å². The molecule has 7 N–H and O–H groups in total. The first-order valence-corrected chi connectivity index (χ1v) is 8.61. The molecule has 0 bridgehead atoms. The van der Waals surface area contributed by atoms with Crippen molar-refractivity contribution in [3.8, 4) is 0 Å². The van der Waals surface area contributed by atoms with E-state index in [4.69, 9.17) is 32.5 Å². The first kappa shape index (κ1) is 22.5. The number of nitrogens with two attached hydrogens (primary N) is 2. The molecule has 1 saturated heterocycles. The van der Waals surface area contributed by atoms with Crippen molar-refractivity contribution in [2.45, 2.75) is 43.7 Å². The van der Waals surface area contributed by atoms with Crippen LogP contribution in [-0.2, 0) is 20.0 Å². The number of rotatable bonds is 6. The largest absolute Gasteiger partial charge is 0.458 e. The number of halogens is 2. The van der Waals surface area contributed by atoms with E-state index < -0.39 is 54.7 Å². The van der Waals surface area contributed by atoms with Gasteiger partial charge in [0.2, 0.25) is 5.72 Å². The fourth-order valence-electron chi connectivity index (χ4n) is 2.66. The number of aliphatic hydroxyl groups is 3. The van der Waals surface area contributed by atoms with E-state index >= 15 is 4.39 Å². The first-order chi connectivity index (χ1) is 12.9. The number of nitrogens with zero attached hydrogens (tertiary/aromatic N) is 2. The summed E-state index contributed by atoms with van der Waals surface area (Å²) in [5.74, 6) is -4.77. The van der Waals surface area contributed by atoms with Crippen molar-refractivity contribution < 1.29 is 34.0 Å². The molecule has 28 heavy (non-hydrogen) atoms. The Balaban J connectivity index is 2.36. The normalized spacial score (nSPS) is 31.2. The summed E-state index contributed by atoms with van der Waals surface area (Å²) in [5, 5.41) is 30.0. The van der Waals surface area contributed by atoms with Gasteiger partial charge in [-0.2, -0.15) is 4.98 Å². The molecule has 13 heteroatoms. The van der Waals surface area contributed by atoms with E-state index in [9.17, 15) is 24.9 Å². The van der Waals surface area contributed by atoms with Gasteiger partial charge >= 0.3 is 11.7 Å². The number of aromatic nitrogens is 2. The second kappa shape index (κ2) is 7.89. The number of aliphatic hydroxyl groups excluding tert-OH is 3. The summed E-state index contributed by atoms with van der Waals surface area (Å²) in [6.45, 7) is 0.973. The summed E-state index contributed by atoms with van der Waals surface area (Å²) < 4.78 is 25.5.